The highest BCUT2D eigenvalue weighted by Gasteiger charge is 2.00. The van der Waals surface area contributed by atoms with Gasteiger partial charge in [0.25, 0.3) is 0 Å². The van der Waals surface area contributed by atoms with Crippen LogP contribution in [0, 0.1) is 0 Å². The van der Waals surface area contributed by atoms with Gasteiger partial charge < -0.3 is 15.2 Å². The molecule has 0 atom stereocenters. The van der Waals surface area contributed by atoms with Crippen molar-refractivity contribution in [3.63, 3.8) is 0 Å². The number of hydrogen-bond donors (Lipinski definition) is 1. The molecule has 0 aliphatic heterocycles. The molecule has 2 N–H and O–H groups in total. The Kier molecular flexibility index (Phi) is 5.07. The van der Waals surface area contributed by atoms with Crippen LogP contribution in [-0.2, 0) is 6.54 Å². The number of nitrogens with two attached hydrogens (primary N) is 1. The van der Waals surface area contributed by atoms with Gasteiger partial charge in [0.1, 0.15) is 24.7 Å². The second-order valence-electron chi connectivity index (χ2n) is 3.96. The minimum Gasteiger partial charge on any atom is -0.490 e. The van der Waals surface area contributed by atoms with Gasteiger partial charge in [-0.1, -0.05) is 29.8 Å². The summed E-state index contributed by atoms with van der Waals surface area (Å²) >= 11 is 5.79. The maximum Gasteiger partial charge on any atom is 0.123 e. The van der Waals surface area contributed by atoms with Gasteiger partial charge >= 0.3 is 0 Å². The minimum absolute atomic E-state index is 0.466. The highest BCUT2D eigenvalue weighted by atomic mass is 35.5. The first-order valence-electron chi connectivity index (χ1n) is 6.09. The number of hydrogen-bond acceptors (Lipinski definition) is 3. The SMILES string of the molecule is NCc1ccccc1OCCOc1ccc(Cl)cc1. The van der Waals surface area contributed by atoms with Crippen LogP contribution in [0.4, 0.5) is 0 Å². The van der Waals surface area contributed by atoms with Crippen molar-refractivity contribution in [2.45, 2.75) is 6.54 Å². The van der Waals surface area contributed by atoms with Crippen LogP contribution in [0.5, 0.6) is 11.5 Å². The quantitative estimate of drug-likeness (QED) is 0.825. The average Bonchev–Trinajstić information content (AvgIpc) is 2.46. The van der Waals surface area contributed by atoms with Crippen molar-refractivity contribution < 1.29 is 9.47 Å². The number of para-hydroxylation sites is 1. The van der Waals surface area contributed by atoms with Crippen LogP contribution >= 0.6 is 11.6 Å². The van der Waals surface area contributed by atoms with Crippen molar-refractivity contribution in [3.05, 3.63) is 59.1 Å². The van der Waals surface area contributed by atoms with E-state index in [4.69, 9.17) is 26.8 Å². The van der Waals surface area contributed by atoms with Crippen molar-refractivity contribution >= 4 is 11.6 Å². The second-order valence-corrected chi connectivity index (χ2v) is 4.40. The third-order valence-electron chi connectivity index (χ3n) is 2.62. The molecule has 0 aliphatic rings. The molecule has 4 heteroatoms. The van der Waals surface area contributed by atoms with E-state index >= 15 is 0 Å². The number of benzene rings is 2. The first-order chi connectivity index (χ1) is 9.29. The van der Waals surface area contributed by atoms with Gasteiger partial charge in [0, 0.05) is 17.1 Å². The zero-order chi connectivity index (χ0) is 13.5. The Morgan fingerprint density at radius 3 is 2.32 bits per heavy atom. The molecular weight excluding hydrogens is 262 g/mol. The largest absolute Gasteiger partial charge is 0.490 e. The van der Waals surface area contributed by atoms with E-state index in [1.165, 1.54) is 0 Å². The molecule has 0 aliphatic carbocycles. The van der Waals surface area contributed by atoms with Crippen molar-refractivity contribution in [1.29, 1.82) is 0 Å². The fourth-order valence-corrected chi connectivity index (χ4v) is 1.78. The van der Waals surface area contributed by atoms with E-state index in [0.717, 1.165) is 17.1 Å². The van der Waals surface area contributed by atoms with Crippen LogP contribution < -0.4 is 15.2 Å². The third-order valence-corrected chi connectivity index (χ3v) is 2.87. The Morgan fingerprint density at radius 1 is 0.895 bits per heavy atom. The average molecular weight is 278 g/mol. The lowest BCUT2D eigenvalue weighted by atomic mass is 10.2. The molecule has 0 bridgehead atoms. The van der Waals surface area contributed by atoms with Crippen molar-refractivity contribution in [3.8, 4) is 11.5 Å². The van der Waals surface area contributed by atoms with Crippen molar-refractivity contribution in [1.82, 2.24) is 0 Å². The van der Waals surface area contributed by atoms with Gasteiger partial charge in [-0.2, -0.15) is 0 Å². The molecule has 0 unspecified atom stereocenters. The summed E-state index contributed by atoms with van der Waals surface area (Å²) in [6, 6.07) is 15.0. The number of ether oxygens (including phenoxy) is 2. The summed E-state index contributed by atoms with van der Waals surface area (Å²) in [6.07, 6.45) is 0. The van der Waals surface area contributed by atoms with E-state index in [1.807, 2.05) is 36.4 Å². The van der Waals surface area contributed by atoms with Crippen LogP contribution in [0.2, 0.25) is 5.02 Å². The molecule has 2 aromatic rings. The molecule has 3 nitrogen and oxygen atoms in total. The monoisotopic (exact) mass is 277 g/mol. The molecule has 2 aromatic carbocycles. The fourth-order valence-electron chi connectivity index (χ4n) is 1.66. The summed E-state index contributed by atoms with van der Waals surface area (Å²) in [5.74, 6) is 1.59. The van der Waals surface area contributed by atoms with E-state index in [9.17, 15) is 0 Å². The molecule has 0 heterocycles. The lowest BCUT2D eigenvalue weighted by Gasteiger charge is -2.11. The van der Waals surface area contributed by atoms with Crippen LogP contribution in [0.25, 0.3) is 0 Å². The summed E-state index contributed by atoms with van der Waals surface area (Å²) in [7, 11) is 0. The molecular formula is C15H16ClNO2. The van der Waals surface area contributed by atoms with Crippen LogP contribution in [-0.4, -0.2) is 13.2 Å². The Balaban J connectivity index is 1.79. The summed E-state index contributed by atoms with van der Waals surface area (Å²) in [6.45, 7) is 1.41. The van der Waals surface area contributed by atoms with E-state index in [1.54, 1.807) is 12.1 Å². The summed E-state index contributed by atoms with van der Waals surface area (Å²) < 4.78 is 11.2. The maximum absolute atomic E-state index is 5.79. The Hall–Kier alpha value is -1.71. The molecule has 0 aromatic heterocycles. The minimum atomic E-state index is 0.466. The Morgan fingerprint density at radius 2 is 1.58 bits per heavy atom. The van der Waals surface area contributed by atoms with E-state index in [-0.39, 0.29) is 0 Å². The molecule has 0 saturated carbocycles. The molecule has 2 rings (SSSR count). The molecule has 0 fully saturated rings. The molecule has 0 radical (unpaired) electrons. The van der Waals surface area contributed by atoms with Crippen LogP contribution in [0.3, 0.4) is 0 Å². The van der Waals surface area contributed by atoms with Gasteiger partial charge in [-0.25, -0.2) is 0 Å². The molecule has 0 amide bonds. The van der Waals surface area contributed by atoms with Crippen LogP contribution in [0.1, 0.15) is 5.56 Å². The van der Waals surface area contributed by atoms with Crippen molar-refractivity contribution in [2.24, 2.45) is 5.73 Å². The van der Waals surface area contributed by atoms with E-state index in [0.29, 0.717) is 24.8 Å². The highest BCUT2D eigenvalue weighted by Crippen LogP contribution is 2.18. The summed E-state index contributed by atoms with van der Waals surface area (Å²) in [5.41, 5.74) is 6.63. The normalized spacial score (nSPS) is 10.2. The highest BCUT2D eigenvalue weighted by molar-refractivity contribution is 6.30. The Labute approximate surface area is 117 Å². The predicted octanol–water partition coefficient (Wildman–Crippen LogP) is 3.26. The lowest BCUT2D eigenvalue weighted by Crippen LogP contribution is -2.10. The van der Waals surface area contributed by atoms with Gasteiger partial charge in [-0.15, -0.1) is 0 Å². The van der Waals surface area contributed by atoms with E-state index in [2.05, 4.69) is 0 Å². The Bertz CT molecular complexity index is 514. The molecule has 19 heavy (non-hydrogen) atoms. The standard InChI is InChI=1S/C15H16ClNO2/c16-13-5-7-14(8-6-13)18-9-10-19-15-4-2-1-3-12(15)11-17/h1-8H,9-11,17H2. The summed E-state index contributed by atoms with van der Waals surface area (Å²) in [4.78, 5) is 0. The van der Waals surface area contributed by atoms with E-state index < -0.39 is 0 Å². The lowest BCUT2D eigenvalue weighted by molar-refractivity contribution is 0.216. The van der Waals surface area contributed by atoms with Crippen LogP contribution in [0.15, 0.2) is 48.5 Å². The molecule has 0 saturated heterocycles. The zero-order valence-corrected chi connectivity index (χ0v) is 11.3. The topological polar surface area (TPSA) is 44.5 Å². The molecule has 0 spiro atoms. The summed E-state index contributed by atoms with van der Waals surface area (Å²) in [5, 5.41) is 0.695. The molecule has 100 valence electrons. The maximum atomic E-state index is 5.79. The fraction of sp³-hybridized carbons (Fsp3) is 0.200. The second kappa shape index (κ2) is 7.02. The van der Waals surface area contributed by atoms with Crippen molar-refractivity contribution in [2.75, 3.05) is 13.2 Å². The van der Waals surface area contributed by atoms with Gasteiger partial charge in [0.2, 0.25) is 0 Å². The third kappa shape index (κ3) is 4.16. The first-order valence-corrected chi connectivity index (χ1v) is 6.46. The van der Waals surface area contributed by atoms with Gasteiger partial charge in [0.15, 0.2) is 0 Å². The zero-order valence-electron chi connectivity index (χ0n) is 10.5. The van der Waals surface area contributed by atoms with Gasteiger partial charge in [-0.05, 0) is 30.3 Å². The first kappa shape index (κ1) is 13.7. The predicted molar refractivity (Wildman–Crippen MR) is 76.8 cm³/mol. The van der Waals surface area contributed by atoms with Gasteiger partial charge in [-0.3, -0.25) is 0 Å². The number of halogens is 1. The smallest absolute Gasteiger partial charge is 0.123 e. The van der Waals surface area contributed by atoms with Gasteiger partial charge in [0.05, 0.1) is 0 Å². The number of rotatable bonds is 6.